The summed E-state index contributed by atoms with van der Waals surface area (Å²) in [7, 11) is 4.62. The van der Waals surface area contributed by atoms with Crippen molar-refractivity contribution < 1.29 is 19.0 Å². The van der Waals surface area contributed by atoms with E-state index < -0.39 is 5.91 Å². The molecule has 0 bridgehead atoms. The predicted octanol–water partition coefficient (Wildman–Crippen LogP) is 3.74. The third-order valence-electron chi connectivity index (χ3n) is 4.35. The van der Waals surface area contributed by atoms with E-state index in [-0.39, 0.29) is 11.5 Å². The summed E-state index contributed by atoms with van der Waals surface area (Å²) in [5.74, 6) is 1.37. The molecule has 9 heteroatoms. The molecular weight excluding hydrogens is 392 g/mol. The molecule has 0 saturated heterocycles. The number of methoxy groups -OCH3 is 3. The molecular formula is C20H18N4O4S. The number of thiazole rings is 1. The molecule has 1 N–H and O–H groups in total. The number of amides is 1. The summed E-state index contributed by atoms with van der Waals surface area (Å²) < 4.78 is 17.5. The Balaban J connectivity index is 1.65. The molecule has 8 nitrogen and oxygen atoms in total. The van der Waals surface area contributed by atoms with Gasteiger partial charge in [0.25, 0.3) is 11.9 Å². The van der Waals surface area contributed by atoms with Crippen LogP contribution in [0.25, 0.3) is 16.2 Å². The number of carbonyl (C=O) groups is 1. The molecule has 0 unspecified atom stereocenters. The van der Waals surface area contributed by atoms with Crippen molar-refractivity contribution in [2.45, 2.75) is 0 Å². The minimum absolute atomic E-state index is 0.199. The number of nitrogens with one attached hydrogen (secondary N) is 1. The van der Waals surface area contributed by atoms with Gasteiger partial charge in [0.15, 0.2) is 0 Å². The Hall–Kier alpha value is -3.59. The molecule has 0 fully saturated rings. The van der Waals surface area contributed by atoms with Crippen molar-refractivity contribution in [3.63, 3.8) is 0 Å². The second-order valence-corrected chi connectivity index (χ2v) is 6.81. The Bertz CT molecular complexity index is 1140. The van der Waals surface area contributed by atoms with E-state index in [9.17, 15) is 4.79 Å². The van der Waals surface area contributed by atoms with Crippen LogP contribution in [0.3, 0.4) is 0 Å². The van der Waals surface area contributed by atoms with Crippen molar-refractivity contribution in [3.05, 3.63) is 53.4 Å². The molecule has 2 aromatic carbocycles. The summed E-state index contributed by atoms with van der Waals surface area (Å²) in [6.07, 6.45) is 0. The number of hydrogen-bond acceptors (Lipinski definition) is 7. The highest BCUT2D eigenvalue weighted by Gasteiger charge is 2.20. The fraction of sp³-hybridized carbons (Fsp3) is 0.150. The lowest BCUT2D eigenvalue weighted by Crippen LogP contribution is -2.15. The normalized spacial score (nSPS) is 10.7. The number of nitrogens with zero attached hydrogens (tertiary/aromatic N) is 3. The fourth-order valence-corrected chi connectivity index (χ4v) is 3.76. The molecule has 2 heterocycles. The van der Waals surface area contributed by atoms with Crippen molar-refractivity contribution >= 4 is 28.2 Å². The molecule has 4 rings (SSSR count). The SMILES string of the molecule is COc1ccc(-c2csc3nc(NC(=O)c4c(OC)cccc4OC)nn23)cc1. The molecule has 0 saturated carbocycles. The lowest BCUT2D eigenvalue weighted by Gasteiger charge is -2.11. The topological polar surface area (TPSA) is 87.0 Å². The maximum Gasteiger partial charge on any atom is 0.265 e. The van der Waals surface area contributed by atoms with Gasteiger partial charge in [-0.05, 0) is 36.4 Å². The van der Waals surface area contributed by atoms with E-state index >= 15 is 0 Å². The zero-order valence-corrected chi connectivity index (χ0v) is 16.8. The third-order valence-corrected chi connectivity index (χ3v) is 5.16. The van der Waals surface area contributed by atoms with Gasteiger partial charge in [-0.2, -0.15) is 4.98 Å². The van der Waals surface area contributed by atoms with Crippen molar-refractivity contribution in [3.8, 4) is 28.5 Å². The quantitative estimate of drug-likeness (QED) is 0.521. The monoisotopic (exact) mass is 410 g/mol. The number of anilines is 1. The first-order chi connectivity index (χ1) is 14.1. The zero-order valence-electron chi connectivity index (χ0n) is 16.0. The van der Waals surface area contributed by atoms with Gasteiger partial charge in [0.1, 0.15) is 22.8 Å². The molecule has 0 atom stereocenters. The lowest BCUT2D eigenvalue weighted by atomic mass is 10.1. The van der Waals surface area contributed by atoms with Crippen LogP contribution in [-0.2, 0) is 0 Å². The summed E-state index contributed by atoms with van der Waals surface area (Å²) in [6, 6.07) is 12.8. The van der Waals surface area contributed by atoms with Crippen LogP contribution in [0, 0.1) is 0 Å². The number of carbonyl (C=O) groups excluding carboxylic acids is 1. The van der Waals surface area contributed by atoms with Crippen LogP contribution in [0.5, 0.6) is 17.2 Å². The molecule has 1 amide bonds. The number of aromatic nitrogens is 3. The highest BCUT2D eigenvalue weighted by atomic mass is 32.1. The zero-order chi connectivity index (χ0) is 20.4. The number of benzene rings is 2. The largest absolute Gasteiger partial charge is 0.497 e. The summed E-state index contributed by atoms with van der Waals surface area (Å²) in [6.45, 7) is 0. The highest BCUT2D eigenvalue weighted by Crippen LogP contribution is 2.30. The Labute approximate surface area is 170 Å². The number of rotatable bonds is 6. The minimum Gasteiger partial charge on any atom is -0.497 e. The van der Waals surface area contributed by atoms with Crippen LogP contribution in [0.15, 0.2) is 47.8 Å². The van der Waals surface area contributed by atoms with E-state index in [1.165, 1.54) is 25.6 Å². The minimum atomic E-state index is -0.413. The van der Waals surface area contributed by atoms with E-state index in [4.69, 9.17) is 14.2 Å². The first kappa shape index (κ1) is 18.8. The average molecular weight is 410 g/mol. The maximum absolute atomic E-state index is 12.8. The Morgan fingerprint density at radius 1 is 1.00 bits per heavy atom. The number of hydrogen-bond donors (Lipinski definition) is 1. The van der Waals surface area contributed by atoms with E-state index in [2.05, 4.69) is 15.4 Å². The van der Waals surface area contributed by atoms with Crippen LogP contribution in [0.4, 0.5) is 5.95 Å². The van der Waals surface area contributed by atoms with Gasteiger partial charge in [-0.3, -0.25) is 10.1 Å². The van der Waals surface area contributed by atoms with Gasteiger partial charge in [-0.15, -0.1) is 16.4 Å². The van der Waals surface area contributed by atoms with Gasteiger partial charge in [0.2, 0.25) is 4.96 Å². The fourth-order valence-electron chi connectivity index (χ4n) is 2.93. The standard InChI is InChI=1S/C20H18N4O4S/c1-26-13-9-7-12(8-10-13)14-11-29-20-22-19(23-24(14)20)21-18(25)17-15(27-2)5-4-6-16(17)28-3/h4-11H,1-3H3,(H,21,23,25). The van der Waals surface area contributed by atoms with Crippen LogP contribution in [-0.4, -0.2) is 41.8 Å². The van der Waals surface area contributed by atoms with Crippen LogP contribution < -0.4 is 19.5 Å². The van der Waals surface area contributed by atoms with Gasteiger partial charge in [-0.1, -0.05) is 6.07 Å². The van der Waals surface area contributed by atoms with Crippen molar-refractivity contribution in [2.75, 3.05) is 26.6 Å². The summed E-state index contributed by atoms with van der Waals surface area (Å²) in [5.41, 5.74) is 2.12. The molecule has 0 radical (unpaired) electrons. The lowest BCUT2D eigenvalue weighted by molar-refractivity contribution is 0.102. The van der Waals surface area contributed by atoms with Gasteiger partial charge in [0.05, 0.1) is 27.0 Å². The van der Waals surface area contributed by atoms with Gasteiger partial charge >= 0.3 is 0 Å². The molecule has 2 aromatic heterocycles. The van der Waals surface area contributed by atoms with E-state index in [1.807, 2.05) is 29.6 Å². The second-order valence-electron chi connectivity index (χ2n) is 5.97. The van der Waals surface area contributed by atoms with Gasteiger partial charge in [0, 0.05) is 10.9 Å². The maximum atomic E-state index is 12.8. The number of ether oxygens (including phenoxy) is 3. The van der Waals surface area contributed by atoms with Crippen LogP contribution in [0.1, 0.15) is 10.4 Å². The molecule has 0 aliphatic carbocycles. The summed E-state index contributed by atoms with van der Waals surface area (Å²) in [4.78, 5) is 17.9. The number of fused-ring (bicyclic) bond motifs is 1. The second kappa shape index (κ2) is 7.80. The first-order valence-corrected chi connectivity index (χ1v) is 9.53. The van der Waals surface area contributed by atoms with Crippen LogP contribution >= 0.6 is 11.3 Å². The smallest absolute Gasteiger partial charge is 0.265 e. The van der Waals surface area contributed by atoms with Gasteiger partial charge < -0.3 is 14.2 Å². The highest BCUT2D eigenvalue weighted by molar-refractivity contribution is 7.15. The molecule has 0 aliphatic rings. The summed E-state index contributed by atoms with van der Waals surface area (Å²) >= 11 is 1.44. The van der Waals surface area contributed by atoms with E-state index in [0.717, 1.165) is 17.0 Å². The van der Waals surface area contributed by atoms with Gasteiger partial charge in [-0.25, -0.2) is 4.52 Å². The average Bonchev–Trinajstić information content (AvgIpc) is 3.33. The molecule has 0 aliphatic heterocycles. The van der Waals surface area contributed by atoms with E-state index in [0.29, 0.717) is 16.5 Å². The van der Waals surface area contributed by atoms with E-state index in [1.54, 1.807) is 29.8 Å². The first-order valence-electron chi connectivity index (χ1n) is 8.65. The molecule has 0 spiro atoms. The Kier molecular flexibility index (Phi) is 5.05. The Morgan fingerprint density at radius 3 is 2.31 bits per heavy atom. The summed E-state index contributed by atoms with van der Waals surface area (Å²) in [5, 5.41) is 9.13. The van der Waals surface area contributed by atoms with Crippen molar-refractivity contribution in [1.29, 1.82) is 0 Å². The third kappa shape index (κ3) is 3.47. The molecule has 148 valence electrons. The molecule has 4 aromatic rings. The molecule has 29 heavy (non-hydrogen) atoms. The van der Waals surface area contributed by atoms with Crippen molar-refractivity contribution in [2.24, 2.45) is 0 Å². The van der Waals surface area contributed by atoms with Crippen molar-refractivity contribution in [1.82, 2.24) is 14.6 Å². The predicted molar refractivity (Wildman–Crippen MR) is 110 cm³/mol. The van der Waals surface area contributed by atoms with Crippen LogP contribution in [0.2, 0.25) is 0 Å². The Morgan fingerprint density at radius 2 is 1.69 bits per heavy atom.